The summed E-state index contributed by atoms with van der Waals surface area (Å²) in [7, 11) is 0. The van der Waals surface area contributed by atoms with Crippen molar-refractivity contribution in [2.45, 2.75) is 43.1 Å². The molecule has 3 aromatic rings. The first-order valence-electron chi connectivity index (χ1n) is 9.70. The molecule has 1 aromatic carbocycles. The zero-order valence-corrected chi connectivity index (χ0v) is 20.4. The van der Waals surface area contributed by atoms with E-state index in [-0.39, 0.29) is 5.82 Å². The van der Waals surface area contributed by atoms with Gasteiger partial charge in [-0.3, -0.25) is 0 Å². The summed E-state index contributed by atoms with van der Waals surface area (Å²) < 4.78 is 3.61. The number of imidazole rings is 1. The van der Waals surface area contributed by atoms with Crippen LogP contribution in [0.3, 0.4) is 0 Å². The summed E-state index contributed by atoms with van der Waals surface area (Å²) in [6.07, 6.45) is 4.98. The molecular weight excluding hydrogens is 565 g/mol. The summed E-state index contributed by atoms with van der Waals surface area (Å²) in [5, 5.41) is 10.0. The molecular formula is C21H20BrClIN5. The Kier molecular flexibility index (Phi) is 6.42. The van der Waals surface area contributed by atoms with E-state index in [1.807, 2.05) is 30.3 Å². The maximum absolute atomic E-state index is 9.38. The molecule has 1 fully saturated rings. The van der Waals surface area contributed by atoms with Crippen LogP contribution in [-0.4, -0.2) is 23.4 Å². The van der Waals surface area contributed by atoms with Crippen molar-refractivity contribution in [1.29, 1.82) is 5.26 Å². The van der Waals surface area contributed by atoms with Crippen LogP contribution in [0.15, 0.2) is 29.0 Å². The maximum atomic E-state index is 9.38. The molecule has 2 aromatic heterocycles. The Morgan fingerprint density at radius 3 is 2.69 bits per heavy atom. The van der Waals surface area contributed by atoms with Crippen LogP contribution in [0.25, 0.3) is 22.4 Å². The predicted octanol–water partition coefficient (Wildman–Crippen LogP) is 6.41. The number of halogens is 3. The molecule has 4 rings (SSSR count). The lowest BCUT2D eigenvalue weighted by atomic mass is 9.81. The lowest BCUT2D eigenvalue weighted by molar-refractivity contribution is 0.255. The first kappa shape index (κ1) is 21.0. The highest BCUT2D eigenvalue weighted by Gasteiger charge is 2.26. The van der Waals surface area contributed by atoms with Crippen LogP contribution in [0.1, 0.15) is 38.4 Å². The van der Waals surface area contributed by atoms with E-state index in [2.05, 4.69) is 65.0 Å². The SMILES string of the molecule is CC(I)C1CCC(Cn2c(Br)nc3nc(C#N)nc(-c4cccc(Cl)c4)c32)CC1. The van der Waals surface area contributed by atoms with Gasteiger partial charge < -0.3 is 4.57 Å². The Bertz CT molecular complexity index is 1080. The number of aromatic nitrogens is 4. The van der Waals surface area contributed by atoms with E-state index >= 15 is 0 Å². The monoisotopic (exact) mass is 583 g/mol. The molecule has 29 heavy (non-hydrogen) atoms. The number of rotatable bonds is 4. The Morgan fingerprint density at radius 1 is 1.28 bits per heavy atom. The fourth-order valence-electron chi connectivity index (χ4n) is 4.15. The molecule has 8 heteroatoms. The molecule has 0 amide bonds. The van der Waals surface area contributed by atoms with Gasteiger partial charge in [-0.15, -0.1) is 0 Å². The fraction of sp³-hybridized carbons (Fsp3) is 0.429. The van der Waals surface area contributed by atoms with Crippen LogP contribution in [0.4, 0.5) is 0 Å². The molecule has 1 saturated carbocycles. The van der Waals surface area contributed by atoms with Crippen molar-refractivity contribution in [2.75, 3.05) is 0 Å². The highest BCUT2D eigenvalue weighted by atomic mass is 127. The number of hydrogen-bond donors (Lipinski definition) is 0. The molecule has 0 spiro atoms. The minimum Gasteiger partial charge on any atom is -0.315 e. The largest absolute Gasteiger partial charge is 0.315 e. The van der Waals surface area contributed by atoms with Crippen molar-refractivity contribution in [3.05, 3.63) is 39.8 Å². The Labute approximate surface area is 197 Å². The van der Waals surface area contributed by atoms with Crippen molar-refractivity contribution in [1.82, 2.24) is 19.5 Å². The molecule has 0 saturated heterocycles. The number of hydrogen-bond acceptors (Lipinski definition) is 4. The summed E-state index contributed by atoms with van der Waals surface area (Å²) in [5.41, 5.74) is 2.94. The molecule has 0 aliphatic heterocycles. The van der Waals surface area contributed by atoms with Crippen molar-refractivity contribution in [3.63, 3.8) is 0 Å². The summed E-state index contributed by atoms with van der Waals surface area (Å²) in [4.78, 5) is 13.4. The number of fused-ring (bicyclic) bond motifs is 1. The Hall–Kier alpha value is -1.24. The van der Waals surface area contributed by atoms with Gasteiger partial charge in [-0.1, -0.05) is 53.2 Å². The summed E-state index contributed by atoms with van der Waals surface area (Å²) in [6, 6.07) is 9.58. The zero-order chi connectivity index (χ0) is 20.5. The van der Waals surface area contributed by atoms with Crippen molar-refractivity contribution in [3.8, 4) is 17.3 Å². The minimum absolute atomic E-state index is 0.112. The van der Waals surface area contributed by atoms with Gasteiger partial charge in [-0.2, -0.15) is 10.2 Å². The van der Waals surface area contributed by atoms with Crippen LogP contribution >= 0.6 is 50.1 Å². The van der Waals surface area contributed by atoms with Gasteiger partial charge in [-0.25, -0.2) is 9.97 Å². The third kappa shape index (κ3) is 4.44. The third-order valence-electron chi connectivity index (χ3n) is 5.74. The predicted molar refractivity (Wildman–Crippen MR) is 127 cm³/mol. The lowest BCUT2D eigenvalue weighted by Crippen LogP contribution is -2.23. The Morgan fingerprint density at radius 2 is 2.03 bits per heavy atom. The van der Waals surface area contributed by atoms with E-state index in [4.69, 9.17) is 11.6 Å². The van der Waals surface area contributed by atoms with Gasteiger partial charge in [0.15, 0.2) is 10.4 Å². The minimum atomic E-state index is 0.112. The third-order valence-corrected chi connectivity index (χ3v) is 7.59. The zero-order valence-electron chi connectivity index (χ0n) is 15.9. The molecule has 5 nitrogen and oxygen atoms in total. The van der Waals surface area contributed by atoms with E-state index in [0.29, 0.717) is 22.3 Å². The first-order chi connectivity index (χ1) is 14.0. The van der Waals surface area contributed by atoms with Crippen LogP contribution in [-0.2, 0) is 6.54 Å². The smallest absolute Gasteiger partial charge is 0.234 e. The second-order valence-corrected chi connectivity index (χ2v) is 10.8. The van der Waals surface area contributed by atoms with E-state index in [1.54, 1.807) is 0 Å². The summed E-state index contributed by atoms with van der Waals surface area (Å²) in [5.74, 6) is 1.53. The van der Waals surface area contributed by atoms with Gasteiger partial charge in [0.05, 0.1) is 0 Å². The molecule has 0 bridgehead atoms. The second kappa shape index (κ2) is 8.86. The van der Waals surface area contributed by atoms with E-state index in [0.717, 1.165) is 32.2 Å². The van der Waals surface area contributed by atoms with Gasteiger partial charge >= 0.3 is 0 Å². The quantitative estimate of drug-likeness (QED) is 0.202. The van der Waals surface area contributed by atoms with Crippen molar-refractivity contribution >= 4 is 61.3 Å². The van der Waals surface area contributed by atoms with Crippen LogP contribution in [0.2, 0.25) is 5.02 Å². The van der Waals surface area contributed by atoms with Gasteiger partial charge in [0.25, 0.3) is 0 Å². The standard InChI is InChI=1S/C21H20BrClIN5/c1-12(24)14-7-5-13(6-8-14)11-29-19-18(15-3-2-4-16(23)9-15)26-17(10-25)27-20(19)28-21(29)22/h2-4,9,12-14H,5-8,11H2,1H3. The van der Waals surface area contributed by atoms with E-state index in [9.17, 15) is 5.26 Å². The molecule has 1 atom stereocenters. The molecule has 2 heterocycles. The topological polar surface area (TPSA) is 67.4 Å². The lowest BCUT2D eigenvalue weighted by Gasteiger charge is -2.30. The fourth-order valence-corrected chi connectivity index (χ4v) is 5.55. The first-order valence-corrected chi connectivity index (χ1v) is 12.1. The van der Waals surface area contributed by atoms with Crippen molar-refractivity contribution < 1.29 is 0 Å². The molecule has 0 radical (unpaired) electrons. The molecule has 1 aliphatic rings. The molecule has 1 aliphatic carbocycles. The van der Waals surface area contributed by atoms with Gasteiger partial charge in [0, 0.05) is 21.1 Å². The van der Waals surface area contributed by atoms with Crippen LogP contribution in [0.5, 0.6) is 0 Å². The average Bonchev–Trinajstić information content (AvgIpc) is 3.02. The normalized spacial score (nSPS) is 20.5. The second-order valence-electron chi connectivity index (χ2n) is 7.64. The molecule has 150 valence electrons. The number of nitriles is 1. The van der Waals surface area contributed by atoms with Crippen LogP contribution in [0, 0.1) is 23.2 Å². The highest BCUT2D eigenvalue weighted by molar-refractivity contribution is 14.1. The van der Waals surface area contributed by atoms with Gasteiger partial charge in [0.2, 0.25) is 5.82 Å². The number of benzene rings is 1. The highest BCUT2D eigenvalue weighted by Crippen LogP contribution is 2.36. The molecule has 0 N–H and O–H groups in total. The van der Waals surface area contributed by atoms with E-state index in [1.165, 1.54) is 25.7 Å². The van der Waals surface area contributed by atoms with Gasteiger partial charge in [0.1, 0.15) is 17.3 Å². The van der Waals surface area contributed by atoms with Crippen molar-refractivity contribution in [2.24, 2.45) is 11.8 Å². The average molecular weight is 585 g/mol. The summed E-state index contributed by atoms with van der Waals surface area (Å²) in [6.45, 7) is 3.18. The Balaban J connectivity index is 1.75. The number of alkyl halides is 1. The number of nitrogens with zero attached hydrogens (tertiary/aromatic N) is 5. The van der Waals surface area contributed by atoms with Gasteiger partial charge in [-0.05, 0) is 65.6 Å². The van der Waals surface area contributed by atoms with E-state index < -0.39 is 0 Å². The summed E-state index contributed by atoms with van der Waals surface area (Å²) >= 11 is 12.4. The maximum Gasteiger partial charge on any atom is 0.234 e. The van der Waals surface area contributed by atoms with Crippen LogP contribution < -0.4 is 0 Å². The molecule has 1 unspecified atom stereocenters.